The van der Waals surface area contributed by atoms with Gasteiger partial charge in [-0.3, -0.25) is 0 Å². The fraction of sp³-hybridized carbons (Fsp3) is 0.286. The number of piperazine rings is 1. The molecule has 0 bridgehead atoms. The lowest BCUT2D eigenvalue weighted by Gasteiger charge is -2.40. The first-order valence-corrected chi connectivity index (χ1v) is 11.7. The maximum atomic E-state index is 12.8. The number of amides is 1. The summed E-state index contributed by atoms with van der Waals surface area (Å²) in [6, 6.07) is 22.0. The molecule has 3 aromatic carbocycles. The van der Waals surface area contributed by atoms with E-state index in [1.807, 2.05) is 66.4 Å². The molecule has 0 spiro atoms. The number of nitrogens with zero attached hydrogens (tertiary/aromatic N) is 3. The summed E-state index contributed by atoms with van der Waals surface area (Å²) in [6.45, 7) is 8.34. The minimum absolute atomic E-state index is 0.0188. The van der Waals surface area contributed by atoms with Gasteiger partial charge in [-0.2, -0.15) is 0 Å². The van der Waals surface area contributed by atoms with Crippen LogP contribution in [0.4, 0.5) is 10.5 Å². The Kier molecular flexibility index (Phi) is 5.97. The lowest BCUT2D eigenvalue weighted by Crippen LogP contribution is -2.55. The van der Waals surface area contributed by atoms with Crippen molar-refractivity contribution in [1.82, 2.24) is 9.80 Å². The molecule has 6 nitrogen and oxygen atoms in total. The number of aryl methyl sites for hydroxylation is 2. The van der Waals surface area contributed by atoms with E-state index in [4.69, 9.17) is 14.5 Å². The van der Waals surface area contributed by atoms with Crippen LogP contribution in [0.2, 0.25) is 0 Å². The van der Waals surface area contributed by atoms with Gasteiger partial charge in [0.25, 0.3) is 0 Å². The van der Waals surface area contributed by atoms with Crippen LogP contribution in [0.5, 0.6) is 11.5 Å². The highest BCUT2D eigenvalue weighted by molar-refractivity contribution is 6.04. The molecular weight excluding hydrogens is 426 g/mol. The second-order valence-corrected chi connectivity index (χ2v) is 9.04. The van der Waals surface area contributed by atoms with Crippen molar-refractivity contribution in [2.75, 3.05) is 19.6 Å². The molecule has 2 aliphatic rings. The predicted octanol–water partition coefficient (Wildman–Crippen LogP) is 5.83. The zero-order valence-corrected chi connectivity index (χ0v) is 19.8. The average molecular weight is 456 g/mol. The van der Waals surface area contributed by atoms with Crippen molar-refractivity contribution in [3.63, 3.8) is 0 Å². The number of fused-ring (bicyclic) bond motifs is 2. The minimum atomic E-state index is -0.279. The van der Waals surface area contributed by atoms with Crippen LogP contribution < -0.4 is 4.74 Å². The van der Waals surface area contributed by atoms with Gasteiger partial charge in [0, 0.05) is 25.7 Å². The van der Waals surface area contributed by atoms with E-state index in [1.165, 1.54) is 0 Å². The van der Waals surface area contributed by atoms with Gasteiger partial charge in [0.15, 0.2) is 5.75 Å². The van der Waals surface area contributed by atoms with Crippen LogP contribution >= 0.6 is 0 Å². The number of rotatable bonds is 2. The van der Waals surface area contributed by atoms with Crippen LogP contribution in [0.25, 0.3) is 0 Å². The van der Waals surface area contributed by atoms with Crippen LogP contribution in [0.3, 0.4) is 0 Å². The largest absolute Gasteiger partial charge is 0.454 e. The van der Waals surface area contributed by atoms with E-state index < -0.39 is 0 Å². The first kappa shape index (κ1) is 22.0. The summed E-state index contributed by atoms with van der Waals surface area (Å²) in [5.74, 6) is 2.44. The first-order valence-electron chi connectivity index (χ1n) is 11.7. The molecule has 34 heavy (non-hydrogen) atoms. The molecule has 1 atom stereocenters. The van der Waals surface area contributed by atoms with E-state index in [-0.39, 0.29) is 18.7 Å². The van der Waals surface area contributed by atoms with Crippen molar-refractivity contribution < 1.29 is 14.3 Å². The van der Waals surface area contributed by atoms with Gasteiger partial charge < -0.3 is 19.3 Å². The zero-order chi connectivity index (χ0) is 23.7. The molecule has 0 aromatic heterocycles. The predicted molar refractivity (Wildman–Crippen MR) is 133 cm³/mol. The van der Waals surface area contributed by atoms with E-state index in [2.05, 4.69) is 30.9 Å². The van der Waals surface area contributed by atoms with Gasteiger partial charge in [-0.1, -0.05) is 48.0 Å². The van der Waals surface area contributed by atoms with Crippen LogP contribution in [0, 0.1) is 13.8 Å². The summed E-state index contributed by atoms with van der Waals surface area (Å²) in [7, 11) is 0. The van der Waals surface area contributed by atoms with E-state index in [9.17, 15) is 4.79 Å². The summed E-state index contributed by atoms with van der Waals surface area (Å²) in [4.78, 5) is 21.9. The van der Waals surface area contributed by atoms with Crippen molar-refractivity contribution >= 4 is 17.6 Å². The highest BCUT2D eigenvalue weighted by Gasteiger charge is 2.32. The normalized spacial score (nSPS) is 17.1. The molecule has 6 heteroatoms. The second kappa shape index (κ2) is 9.21. The van der Waals surface area contributed by atoms with Crippen LogP contribution in [0.1, 0.15) is 29.2 Å². The van der Waals surface area contributed by atoms with Crippen molar-refractivity contribution in [1.29, 1.82) is 0 Å². The van der Waals surface area contributed by atoms with E-state index in [0.29, 0.717) is 19.6 Å². The number of carbonyl (C=O) groups is 1. The number of hydrogen-bond donors (Lipinski definition) is 0. The highest BCUT2D eigenvalue weighted by Crippen LogP contribution is 2.39. The van der Waals surface area contributed by atoms with Gasteiger partial charge in [-0.05, 0) is 56.2 Å². The average Bonchev–Trinajstić information content (AvgIpc) is 2.99. The fourth-order valence-electron chi connectivity index (χ4n) is 4.46. The molecule has 5 rings (SSSR count). The summed E-state index contributed by atoms with van der Waals surface area (Å²) >= 11 is 0. The lowest BCUT2D eigenvalue weighted by atomic mass is 10.1. The fourth-order valence-corrected chi connectivity index (χ4v) is 4.46. The highest BCUT2D eigenvalue weighted by atomic mass is 16.6. The standard InChI is InChI=1S/C28H29N3O3/c1-19-10-12-25-23(15-19)27(29-24-11-9-20(2)16-26(24)34-25)30-13-14-31(21(3)17-30)28(32)33-18-22-7-5-4-6-8-22/h4-12,15-16,21H,13-14,17-18H2,1-3H3/t21-/m0/s1. The summed E-state index contributed by atoms with van der Waals surface area (Å²) < 4.78 is 11.9. The third-order valence-electron chi connectivity index (χ3n) is 6.30. The number of benzene rings is 3. The number of hydrogen-bond acceptors (Lipinski definition) is 5. The number of aliphatic imine (C=N–C) groups is 1. The summed E-state index contributed by atoms with van der Waals surface area (Å²) in [6.07, 6.45) is -0.279. The SMILES string of the molecule is Cc1ccc2c(c1)Oc1ccc(C)cc1C(N1CCN(C(=O)OCc3ccccc3)[C@@H](C)C1)=N2. The Bertz CT molecular complexity index is 1240. The van der Waals surface area contributed by atoms with E-state index in [0.717, 1.165) is 45.3 Å². The van der Waals surface area contributed by atoms with Crippen molar-refractivity contribution in [2.45, 2.75) is 33.4 Å². The number of ether oxygens (including phenoxy) is 2. The molecule has 0 aliphatic carbocycles. The van der Waals surface area contributed by atoms with Gasteiger partial charge >= 0.3 is 6.09 Å². The maximum absolute atomic E-state index is 12.8. The third-order valence-corrected chi connectivity index (χ3v) is 6.30. The molecule has 0 N–H and O–H groups in total. The molecule has 0 unspecified atom stereocenters. The zero-order valence-electron chi connectivity index (χ0n) is 19.8. The Morgan fingerprint density at radius 3 is 2.56 bits per heavy atom. The molecule has 1 amide bonds. The van der Waals surface area contributed by atoms with Crippen LogP contribution in [-0.4, -0.2) is 47.4 Å². The Morgan fingerprint density at radius 1 is 1.00 bits per heavy atom. The molecule has 1 saturated heterocycles. The topological polar surface area (TPSA) is 54.4 Å². The molecule has 0 saturated carbocycles. The Balaban J connectivity index is 1.37. The Labute approximate surface area is 200 Å². The summed E-state index contributed by atoms with van der Waals surface area (Å²) in [5.41, 5.74) is 5.04. The first-order chi connectivity index (χ1) is 16.5. The van der Waals surface area contributed by atoms with Crippen molar-refractivity contribution in [3.8, 4) is 11.5 Å². The number of carbonyl (C=O) groups excluding carboxylic acids is 1. The third kappa shape index (κ3) is 4.49. The minimum Gasteiger partial charge on any atom is -0.454 e. The maximum Gasteiger partial charge on any atom is 0.410 e. The van der Waals surface area contributed by atoms with E-state index >= 15 is 0 Å². The molecule has 0 radical (unpaired) electrons. The Morgan fingerprint density at radius 2 is 1.76 bits per heavy atom. The second-order valence-electron chi connectivity index (χ2n) is 9.04. The van der Waals surface area contributed by atoms with Gasteiger partial charge in [0.1, 0.15) is 23.9 Å². The number of amidine groups is 1. The summed E-state index contributed by atoms with van der Waals surface area (Å²) in [5, 5.41) is 0. The lowest BCUT2D eigenvalue weighted by molar-refractivity contribution is 0.0624. The van der Waals surface area contributed by atoms with E-state index in [1.54, 1.807) is 0 Å². The molecular formula is C28H29N3O3. The Hall–Kier alpha value is -3.80. The van der Waals surface area contributed by atoms with Crippen molar-refractivity contribution in [3.05, 3.63) is 89.0 Å². The van der Waals surface area contributed by atoms with Gasteiger partial charge in [0.2, 0.25) is 0 Å². The quantitative estimate of drug-likeness (QED) is 0.488. The monoisotopic (exact) mass is 455 g/mol. The van der Waals surface area contributed by atoms with Crippen molar-refractivity contribution in [2.24, 2.45) is 4.99 Å². The molecule has 2 aliphatic heterocycles. The van der Waals surface area contributed by atoms with Gasteiger partial charge in [-0.25, -0.2) is 9.79 Å². The van der Waals surface area contributed by atoms with Gasteiger partial charge in [0.05, 0.1) is 5.56 Å². The van der Waals surface area contributed by atoms with Crippen LogP contribution in [-0.2, 0) is 11.3 Å². The molecule has 3 aromatic rings. The molecule has 174 valence electrons. The van der Waals surface area contributed by atoms with Crippen LogP contribution in [0.15, 0.2) is 71.7 Å². The molecule has 1 fully saturated rings. The smallest absolute Gasteiger partial charge is 0.410 e. The molecule has 2 heterocycles. The van der Waals surface area contributed by atoms with Gasteiger partial charge in [-0.15, -0.1) is 0 Å².